The molecule has 2 rings (SSSR count). The van der Waals surface area contributed by atoms with Gasteiger partial charge in [-0.25, -0.2) is 0 Å². The molecule has 1 saturated carbocycles. The van der Waals surface area contributed by atoms with Crippen LogP contribution in [0, 0.1) is 5.92 Å². The van der Waals surface area contributed by atoms with Crippen molar-refractivity contribution in [3.05, 3.63) is 29.8 Å². The molecule has 114 valence electrons. The third-order valence-corrected chi connectivity index (χ3v) is 3.47. The Labute approximate surface area is 123 Å². The van der Waals surface area contributed by atoms with Gasteiger partial charge in [-0.1, -0.05) is 12.1 Å². The number of carbonyl (C=O) groups is 2. The fourth-order valence-electron chi connectivity index (χ4n) is 2.13. The van der Waals surface area contributed by atoms with Gasteiger partial charge >= 0.3 is 5.97 Å². The lowest BCUT2D eigenvalue weighted by atomic mass is 10.2. The number of benzene rings is 1. The molecule has 0 radical (unpaired) electrons. The maximum Gasteiger partial charge on any atom is 0.320 e. The van der Waals surface area contributed by atoms with Gasteiger partial charge in [0.15, 0.2) is 0 Å². The molecule has 1 aliphatic rings. The van der Waals surface area contributed by atoms with E-state index in [0.717, 1.165) is 24.2 Å². The molecule has 1 atom stereocenters. The minimum Gasteiger partial charge on any atom is -0.497 e. The highest BCUT2D eigenvalue weighted by Crippen LogP contribution is 2.32. The fraction of sp³-hybridized carbons (Fsp3) is 0.467. The van der Waals surface area contributed by atoms with Crippen LogP contribution in [0.3, 0.4) is 0 Å². The smallest absolute Gasteiger partial charge is 0.320 e. The molecule has 1 aromatic rings. The molecule has 0 spiro atoms. The molecule has 0 aromatic heterocycles. The third kappa shape index (κ3) is 4.75. The number of amides is 1. The van der Waals surface area contributed by atoms with Crippen LogP contribution in [0.4, 0.5) is 0 Å². The van der Waals surface area contributed by atoms with Crippen molar-refractivity contribution in [3.63, 3.8) is 0 Å². The first-order valence-corrected chi connectivity index (χ1v) is 6.96. The first kappa shape index (κ1) is 15.3. The van der Waals surface area contributed by atoms with E-state index in [2.05, 4.69) is 10.6 Å². The number of aliphatic carboxylic acids is 1. The number of carbonyl (C=O) groups excluding carboxylic acids is 1. The molecule has 0 saturated heterocycles. The third-order valence-electron chi connectivity index (χ3n) is 3.47. The van der Waals surface area contributed by atoms with Crippen LogP contribution in [0.1, 0.15) is 18.4 Å². The molecule has 1 fully saturated rings. The molecule has 1 amide bonds. The number of carboxylic acids is 1. The molecule has 1 unspecified atom stereocenters. The van der Waals surface area contributed by atoms with Crippen molar-refractivity contribution in [2.75, 3.05) is 13.7 Å². The lowest BCUT2D eigenvalue weighted by molar-refractivity contribution is -0.140. The van der Waals surface area contributed by atoms with Crippen LogP contribution >= 0.6 is 0 Å². The zero-order valence-electron chi connectivity index (χ0n) is 12.0. The van der Waals surface area contributed by atoms with Gasteiger partial charge in [-0.15, -0.1) is 0 Å². The molecular formula is C15H20N2O4. The van der Waals surface area contributed by atoms with Crippen LogP contribution in [0.15, 0.2) is 24.3 Å². The summed E-state index contributed by atoms with van der Waals surface area (Å²) < 4.78 is 5.11. The second-order valence-corrected chi connectivity index (χ2v) is 5.16. The summed E-state index contributed by atoms with van der Waals surface area (Å²) >= 11 is 0. The highest BCUT2D eigenvalue weighted by atomic mass is 16.5. The number of hydrogen-bond acceptors (Lipinski definition) is 4. The molecule has 6 heteroatoms. The van der Waals surface area contributed by atoms with Crippen LogP contribution in [0.25, 0.3) is 0 Å². The number of hydrogen-bond donors (Lipinski definition) is 3. The lowest BCUT2D eigenvalue weighted by Crippen LogP contribution is -2.44. The molecule has 21 heavy (non-hydrogen) atoms. The summed E-state index contributed by atoms with van der Waals surface area (Å²) in [5.41, 5.74) is 0.930. The standard InChI is InChI=1S/C15H20N2O4/c1-21-12-4-2-3-10(7-12)8-16-13(18)9-17-14(15(19)20)11-5-6-11/h2-4,7,11,14,17H,5-6,8-9H2,1H3,(H,16,18)(H,19,20). The summed E-state index contributed by atoms with van der Waals surface area (Å²) in [6.07, 6.45) is 1.82. The first-order chi connectivity index (χ1) is 10.1. The van der Waals surface area contributed by atoms with Gasteiger partial charge in [-0.05, 0) is 36.5 Å². The molecular weight excluding hydrogens is 272 g/mol. The average molecular weight is 292 g/mol. The highest BCUT2D eigenvalue weighted by Gasteiger charge is 2.36. The van der Waals surface area contributed by atoms with E-state index in [4.69, 9.17) is 9.84 Å². The van der Waals surface area contributed by atoms with Gasteiger partial charge in [0.05, 0.1) is 13.7 Å². The van der Waals surface area contributed by atoms with Gasteiger partial charge < -0.3 is 15.2 Å². The Morgan fingerprint density at radius 1 is 1.43 bits per heavy atom. The van der Waals surface area contributed by atoms with E-state index >= 15 is 0 Å². The van der Waals surface area contributed by atoms with Gasteiger partial charge in [0.2, 0.25) is 5.91 Å². The van der Waals surface area contributed by atoms with Crippen molar-refractivity contribution in [2.24, 2.45) is 5.92 Å². The van der Waals surface area contributed by atoms with E-state index in [-0.39, 0.29) is 18.4 Å². The maximum absolute atomic E-state index is 11.7. The second kappa shape index (κ2) is 7.08. The predicted molar refractivity (Wildman–Crippen MR) is 77.0 cm³/mol. The number of carboxylic acid groups (broad SMARTS) is 1. The van der Waals surface area contributed by atoms with E-state index in [1.54, 1.807) is 7.11 Å². The van der Waals surface area contributed by atoms with Crippen molar-refractivity contribution < 1.29 is 19.4 Å². The maximum atomic E-state index is 11.7. The van der Waals surface area contributed by atoms with Crippen molar-refractivity contribution in [3.8, 4) is 5.75 Å². The largest absolute Gasteiger partial charge is 0.497 e. The molecule has 1 aromatic carbocycles. The number of nitrogens with one attached hydrogen (secondary N) is 2. The SMILES string of the molecule is COc1cccc(CNC(=O)CNC(C(=O)O)C2CC2)c1. The summed E-state index contributed by atoms with van der Waals surface area (Å²) in [5.74, 6) is -0.212. The summed E-state index contributed by atoms with van der Waals surface area (Å²) in [5, 5.41) is 14.6. The quantitative estimate of drug-likeness (QED) is 0.658. The minimum absolute atomic E-state index is 0.0113. The van der Waals surface area contributed by atoms with Gasteiger partial charge in [0.1, 0.15) is 11.8 Å². The van der Waals surface area contributed by atoms with E-state index in [9.17, 15) is 9.59 Å². The number of rotatable bonds is 8. The van der Waals surface area contributed by atoms with Crippen molar-refractivity contribution in [2.45, 2.75) is 25.4 Å². The second-order valence-electron chi connectivity index (χ2n) is 5.16. The zero-order valence-corrected chi connectivity index (χ0v) is 12.0. The Bertz CT molecular complexity index is 514. The van der Waals surface area contributed by atoms with Gasteiger partial charge in [-0.3, -0.25) is 14.9 Å². The van der Waals surface area contributed by atoms with Gasteiger partial charge in [0, 0.05) is 6.54 Å². The first-order valence-electron chi connectivity index (χ1n) is 6.96. The number of ether oxygens (including phenoxy) is 1. The normalized spacial score (nSPS) is 15.3. The van der Waals surface area contributed by atoms with Crippen molar-refractivity contribution in [1.82, 2.24) is 10.6 Å². The van der Waals surface area contributed by atoms with Gasteiger partial charge in [-0.2, -0.15) is 0 Å². The van der Waals surface area contributed by atoms with Gasteiger partial charge in [0.25, 0.3) is 0 Å². The molecule has 1 aliphatic carbocycles. The minimum atomic E-state index is -0.891. The lowest BCUT2D eigenvalue weighted by Gasteiger charge is -2.13. The number of methoxy groups -OCH3 is 1. The Kier molecular flexibility index (Phi) is 5.16. The summed E-state index contributed by atoms with van der Waals surface area (Å²) in [6, 6.07) is 6.80. The molecule has 3 N–H and O–H groups in total. The van der Waals surface area contributed by atoms with E-state index < -0.39 is 12.0 Å². The summed E-state index contributed by atoms with van der Waals surface area (Å²) in [6.45, 7) is 0.399. The Balaban J connectivity index is 1.75. The van der Waals surface area contributed by atoms with Crippen LogP contribution in [-0.2, 0) is 16.1 Å². The Morgan fingerprint density at radius 2 is 2.19 bits per heavy atom. The topological polar surface area (TPSA) is 87.7 Å². The summed E-state index contributed by atoms with van der Waals surface area (Å²) in [4.78, 5) is 22.8. The fourth-order valence-corrected chi connectivity index (χ4v) is 2.13. The predicted octanol–water partition coefficient (Wildman–Crippen LogP) is 0.764. The highest BCUT2D eigenvalue weighted by molar-refractivity contribution is 5.80. The molecule has 6 nitrogen and oxygen atoms in total. The van der Waals surface area contributed by atoms with Crippen LogP contribution < -0.4 is 15.4 Å². The monoisotopic (exact) mass is 292 g/mol. The van der Waals surface area contributed by atoms with Crippen LogP contribution in [-0.4, -0.2) is 36.7 Å². The zero-order chi connectivity index (χ0) is 15.2. The van der Waals surface area contributed by atoms with E-state index in [1.807, 2.05) is 24.3 Å². The van der Waals surface area contributed by atoms with Crippen LogP contribution in [0.5, 0.6) is 5.75 Å². The van der Waals surface area contributed by atoms with E-state index in [0.29, 0.717) is 6.54 Å². The van der Waals surface area contributed by atoms with Crippen molar-refractivity contribution >= 4 is 11.9 Å². The van der Waals surface area contributed by atoms with Crippen molar-refractivity contribution in [1.29, 1.82) is 0 Å². The molecule has 0 heterocycles. The molecule has 0 bridgehead atoms. The summed E-state index contributed by atoms with van der Waals surface area (Å²) in [7, 11) is 1.59. The Hall–Kier alpha value is -2.08. The van der Waals surface area contributed by atoms with Crippen LogP contribution in [0.2, 0.25) is 0 Å². The Morgan fingerprint density at radius 3 is 2.81 bits per heavy atom. The van der Waals surface area contributed by atoms with E-state index in [1.165, 1.54) is 0 Å². The average Bonchev–Trinajstić information content (AvgIpc) is 3.30. The molecule has 0 aliphatic heterocycles.